The summed E-state index contributed by atoms with van der Waals surface area (Å²) in [5.41, 5.74) is 1.41. The Morgan fingerprint density at radius 1 is 1.33 bits per heavy atom. The van der Waals surface area contributed by atoms with Crippen molar-refractivity contribution >= 4 is 23.1 Å². The van der Waals surface area contributed by atoms with Gasteiger partial charge in [0.15, 0.2) is 5.58 Å². The van der Waals surface area contributed by atoms with Crippen molar-refractivity contribution in [3.63, 3.8) is 0 Å². The van der Waals surface area contributed by atoms with Gasteiger partial charge in [0.25, 0.3) is 0 Å². The minimum atomic E-state index is 0.636. The molecule has 1 N–H and O–H groups in total. The second-order valence-corrected chi connectivity index (χ2v) is 2.41. The zero-order chi connectivity index (χ0) is 8.39. The van der Waals surface area contributed by atoms with Gasteiger partial charge in [-0.15, -0.1) is 0 Å². The van der Waals surface area contributed by atoms with Gasteiger partial charge in [0.2, 0.25) is 6.41 Å². The average molecular weight is 161 g/mol. The van der Waals surface area contributed by atoms with Gasteiger partial charge in [-0.05, 0) is 12.1 Å². The Morgan fingerprint density at radius 2 is 2.25 bits per heavy atom. The maximum atomic E-state index is 10.2. The van der Waals surface area contributed by atoms with E-state index in [-0.39, 0.29) is 0 Å². The van der Waals surface area contributed by atoms with Crippen molar-refractivity contribution in [2.24, 2.45) is 0 Å². The van der Waals surface area contributed by atoms with Gasteiger partial charge >= 0.3 is 0 Å². The number of para-hydroxylation sites is 1. The predicted octanol–water partition coefficient (Wildman–Crippen LogP) is 2.00. The highest BCUT2D eigenvalue weighted by Gasteiger charge is 2.01. The Balaban J connectivity index is 2.65. The number of furan rings is 1. The van der Waals surface area contributed by atoms with Crippen molar-refractivity contribution in [3.8, 4) is 0 Å². The van der Waals surface area contributed by atoms with Gasteiger partial charge in [-0.3, -0.25) is 4.79 Å². The van der Waals surface area contributed by atoms with Crippen molar-refractivity contribution < 1.29 is 9.21 Å². The third-order valence-electron chi connectivity index (χ3n) is 1.69. The SMILES string of the molecule is O=CNc1cccc2ccoc12. The van der Waals surface area contributed by atoms with Gasteiger partial charge in [0.1, 0.15) is 0 Å². The molecule has 0 aliphatic carbocycles. The first-order chi connectivity index (χ1) is 5.92. The number of carbonyl (C=O) groups is 1. The quantitative estimate of drug-likeness (QED) is 0.684. The van der Waals surface area contributed by atoms with E-state index in [1.807, 2.05) is 18.2 Å². The molecule has 1 amide bonds. The number of hydrogen-bond acceptors (Lipinski definition) is 2. The van der Waals surface area contributed by atoms with Crippen LogP contribution in [0.2, 0.25) is 0 Å². The normalized spacial score (nSPS) is 10.0. The monoisotopic (exact) mass is 161 g/mol. The largest absolute Gasteiger partial charge is 0.462 e. The molecule has 0 bridgehead atoms. The summed E-state index contributed by atoms with van der Waals surface area (Å²) in [4.78, 5) is 10.2. The fraction of sp³-hybridized carbons (Fsp3) is 0. The second kappa shape index (κ2) is 2.70. The van der Waals surface area contributed by atoms with Crippen LogP contribution in [0.15, 0.2) is 34.9 Å². The molecule has 1 aromatic carbocycles. The van der Waals surface area contributed by atoms with Gasteiger partial charge < -0.3 is 9.73 Å². The molecule has 3 nitrogen and oxygen atoms in total. The number of benzene rings is 1. The third kappa shape index (κ3) is 0.955. The van der Waals surface area contributed by atoms with E-state index in [9.17, 15) is 4.79 Å². The molecule has 0 aliphatic rings. The molecule has 0 aliphatic heterocycles. The Hall–Kier alpha value is -1.77. The summed E-state index contributed by atoms with van der Waals surface area (Å²) in [7, 11) is 0. The number of fused-ring (bicyclic) bond motifs is 1. The summed E-state index contributed by atoms with van der Waals surface area (Å²) >= 11 is 0. The van der Waals surface area contributed by atoms with Gasteiger partial charge in [-0.25, -0.2) is 0 Å². The fourth-order valence-electron chi connectivity index (χ4n) is 1.17. The van der Waals surface area contributed by atoms with Gasteiger partial charge in [-0.1, -0.05) is 12.1 Å². The van der Waals surface area contributed by atoms with E-state index in [0.717, 1.165) is 5.39 Å². The summed E-state index contributed by atoms with van der Waals surface area (Å²) < 4.78 is 5.18. The van der Waals surface area contributed by atoms with Gasteiger partial charge in [0, 0.05) is 5.39 Å². The first kappa shape index (κ1) is 6.91. The molecule has 0 radical (unpaired) electrons. The minimum Gasteiger partial charge on any atom is -0.462 e. The van der Waals surface area contributed by atoms with Crippen LogP contribution >= 0.6 is 0 Å². The number of amides is 1. The number of anilines is 1. The van der Waals surface area contributed by atoms with Crippen LogP contribution in [0.3, 0.4) is 0 Å². The van der Waals surface area contributed by atoms with Crippen molar-refractivity contribution in [3.05, 3.63) is 30.5 Å². The van der Waals surface area contributed by atoms with Crippen molar-refractivity contribution in [2.75, 3.05) is 5.32 Å². The molecule has 1 heterocycles. The van der Waals surface area contributed by atoms with Crippen LogP contribution in [-0.4, -0.2) is 6.41 Å². The molecule has 1 aromatic heterocycles. The van der Waals surface area contributed by atoms with Crippen molar-refractivity contribution in [2.45, 2.75) is 0 Å². The van der Waals surface area contributed by atoms with Crippen LogP contribution < -0.4 is 5.32 Å². The topological polar surface area (TPSA) is 42.2 Å². The van der Waals surface area contributed by atoms with Crippen LogP contribution in [0.1, 0.15) is 0 Å². The molecule has 0 saturated carbocycles. The van der Waals surface area contributed by atoms with Crippen LogP contribution in [0.4, 0.5) is 5.69 Å². The molecule has 0 saturated heterocycles. The van der Waals surface area contributed by atoms with Crippen LogP contribution in [0.5, 0.6) is 0 Å². The summed E-state index contributed by atoms with van der Waals surface area (Å²) in [6.45, 7) is 0. The number of nitrogens with one attached hydrogen (secondary N) is 1. The molecule has 0 unspecified atom stereocenters. The molecule has 0 spiro atoms. The van der Waals surface area contributed by atoms with E-state index in [1.54, 1.807) is 12.3 Å². The first-order valence-electron chi connectivity index (χ1n) is 3.58. The number of hydrogen-bond donors (Lipinski definition) is 1. The standard InChI is InChI=1S/C9H7NO2/c11-6-10-8-3-1-2-7-4-5-12-9(7)8/h1-6H,(H,10,11). The Labute approximate surface area is 69.0 Å². The maximum absolute atomic E-state index is 10.2. The van der Waals surface area contributed by atoms with Crippen molar-refractivity contribution in [1.29, 1.82) is 0 Å². The first-order valence-corrected chi connectivity index (χ1v) is 3.58. The zero-order valence-electron chi connectivity index (χ0n) is 6.28. The average Bonchev–Trinajstić information content (AvgIpc) is 2.53. The lowest BCUT2D eigenvalue weighted by Crippen LogP contribution is -1.92. The molecule has 2 aromatic rings. The van der Waals surface area contributed by atoms with E-state index in [2.05, 4.69) is 5.32 Å². The highest BCUT2D eigenvalue weighted by Crippen LogP contribution is 2.23. The van der Waals surface area contributed by atoms with Crippen LogP contribution in [0, 0.1) is 0 Å². The minimum absolute atomic E-state index is 0.636. The predicted molar refractivity (Wildman–Crippen MR) is 45.9 cm³/mol. The third-order valence-corrected chi connectivity index (χ3v) is 1.69. The van der Waals surface area contributed by atoms with Crippen LogP contribution in [0.25, 0.3) is 11.0 Å². The lowest BCUT2D eigenvalue weighted by molar-refractivity contribution is -0.105. The maximum Gasteiger partial charge on any atom is 0.211 e. The molecule has 0 atom stereocenters. The Bertz CT molecular complexity index is 406. The molecule has 0 fully saturated rings. The lowest BCUT2D eigenvalue weighted by atomic mass is 10.2. The van der Waals surface area contributed by atoms with E-state index in [1.165, 1.54) is 0 Å². The molecule has 60 valence electrons. The van der Waals surface area contributed by atoms with E-state index < -0.39 is 0 Å². The smallest absolute Gasteiger partial charge is 0.211 e. The Morgan fingerprint density at radius 3 is 3.08 bits per heavy atom. The number of carbonyl (C=O) groups excluding carboxylic acids is 1. The lowest BCUT2D eigenvalue weighted by Gasteiger charge is -1.97. The summed E-state index contributed by atoms with van der Waals surface area (Å²) in [5.74, 6) is 0. The Kier molecular flexibility index (Phi) is 1.55. The molecular weight excluding hydrogens is 154 g/mol. The summed E-state index contributed by atoms with van der Waals surface area (Å²) in [6, 6.07) is 7.43. The molecule has 2 rings (SSSR count). The van der Waals surface area contributed by atoms with Gasteiger partial charge in [0.05, 0.1) is 12.0 Å². The molecule has 3 heteroatoms. The van der Waals surface area contributed by atoms with Gasteiger partial charge in [-0.2, -0.15) is 0 Å². The van der Waals surface area contributed by atoms with Crippen molar-refractivity contribution in [1.82, 2.24) is 0 Å². The van der Waals surface area contributed by atoms with E-state index in [4.69, 9.17) is 4.42 Å². The summed E-state index contributed by atoms with van der Waals surface area (Å²) in [6.07, 6.45) is 2.23. The molecule has 12 heavy (non-hydrogen) atoms. The summed E-state index contributed by atoms with van der Waals surface area (Å²) in [5, 5.41) is 3.55. The zero-order valence-corrected chi connectivity index (χ0v) is 6.28. The van der Waals surface area contributed by atoms with E-state index >= 15 is 0 Å². The fourth-order valence-corrected chi connectivity index (χ4v) is 1.17. The highest BCUT2D eigenvalue weighted by atomic mass is 16.3. The van der Waals surface area contributed by atoms with Crippen LogP contribution in [-0.2, 0) is 4.79 Å². The second-order valence-electron chi connectivity index (χ2n) is 2.41. The highest BCUT2D eigenvalue weighted by molar-refractivity contribution is 5.93. The molecular formula is C9H7NO2. The van der Waals surface area contributed by atoms with E-state index in [0.29, 0.717) is 17.7 Å². The number of rotatable bonds is 2.